The van der Waals surface area contributed by atoms with Crippen molar-refractivity contribution in [2.24, 2.45) is 0 Å². The average molecular weight is 458 g/mol. The summed E-state index contributed by atoms with van der Waals surface area (Å²) < 4.78 is 80.5. The van der Waals surface area contributed by atoms with Gasteiger partial charge in [-0.05, 0) is 59.8 Å². The molecule has 0 radical (unpaired) electrons. The van der Waals surface area contributed by atoms with Crippen LogP contribution in [0.25, 0.3) is 0 Å². The van der Waals surface area contributed by atoms with E-state index in [1.807, 2.05) is 0 Å². The predicted molar refractivity (Wildman–Crippen MR) is 107 cm³/mol. The van der Waals surface area contributed by atoms with Crippen LogP contribution >= 0.6 is 11.3 Å². The molecular formula is C19H17F2NO4S3. The summed E-state index contributed by atoms with van der Waals surface area (Å²) in [6.45, 7) is 0.960. The minimum atomic E-state index is -4.09. The topological polar surface area (TPSA) is 80.3 Å². The van der Waals surface area contributed by atoms with Gasteiger partial charge in [-0.2, -0.15) is 0 Å². The fraction of sp³-hybridized carbons (Fsp3) is 0.158. The van der Waals surface area contributed by atoms with Crippen LogP contribution in [0.5, 0.6) is 0 Å². The van der Waals surface area contributed by atoms with Crippen LogP contribution in [-0.2, 0) is 19.9 Å². The number of halogens is 2. The van der Waals surface area contributed by atoms with Crippen molar-refractivity contribution in [1.29, 1.82) is 0 Å². The molecular weight excluding hydrogens is 440 g/mol. The Kier molecular flexibility index (Phi) is 6.18. The number of aryl methyl sites for hydroxylation is 1. The minimum absolute atomic E-state index is 0.0728. The van der Waals surface area contributed by atoms with E-state index in [0.717, 1.165) is 35.6 Å². The first kappa shape index (κ1) is 21.6. The normalized spacial score (nSPS) is 13.3. The minimum Gasteiger partial charge on any atom is -0.222 e. The summed E-state index contributed by atoms with van der Waals surface area (Å²) in [7, 11) is -8.03. The molecule has 0 aliphatic heterocycles. The van der Waals surface area contributed by atoms with Crippen molar-refractivity contribution in [3.8, 4) is 0 Å². The molecule has 0 spiro atoms. The maximum absolute atomic E-state index is 13.4. The maximum Gasteiger partial charge on any atom is 0.240 e. The summed E-state index contributed by atoms with van der Waals surface area (Å²) in [4.78, 5) is -0.178. The SMILES string of the molecule is Cc1cc(S(=O)(=O)NC[C@@H](c2ccc(F)cc2)S(=O)(=O)c2cccs2)ccc1F. The molecule has 1 heterocycles. The Morgan fingerprint density at radius 2 is 1.69 bits per heavy atom. The summed E-state index contributed by atoms with van der Waals surface area (Å²) >= 11 is 1.01. The van der Waals surface area contributed by atoms with Crippen LogP contribution in [0.3, 0.4) is 0 Å². The lowest BCUT2D eigenvalue weighted by Gasteiger charge is -2.18. The summed E-state index contributed by atoms with van der Waals surface area (Å²) in [5.41, 5.74) is 0.395. The second-order valence-corrected chi connectivity index (χ2v) is 11.4. The number of benzene rings is 2. The molecule has 10 heteroatoms. The third-order valence-corrected chi connectivity index (χ3v) is 9.24. The molecule has 0 fully saturated rings. The molecule has 3 rings (SSSR count). The van der Waals surface area contributed by atoms with E-state index in [4.69, 9.17) is 0 Å². The number of hydrogen-bond donors (Lipinski definition) is 1. The number of sulfone groups is 1. The molecule has 5 nitrogen and oxygen atoms in total. The average Bonchev–Trinajstić information content (AvgIpc) is 3.21. The molecule has 0 bridgehead atoms. The van der Waals surface area contributed by atoms with Crippen molar-refractivity contribution in [2.45, 2.75) is 21.3 Å². The molecule has 1 N–H and O–H groups in total. The lowest BCUT2D eigenvalue weighted by Crippen LogP contribution is -2.32. The summed E-state index contributed by atoms with van der Waals surface area (Å²) in [5, 5.41) is 0.332. The van der Waals surface area contributed by atoms with Crippen molar-refractivity contribution in [2.75, 3.05) is 6.54 Å². The van der Waals surface area contributed by atoms with E-state index in [0.29, 0.717) is 0 Å². The van der Waals surface area contributed by atoms with Crippen LogP contribution in [-0.4, -0.2) is 23.4 Å². The Bertz CT molecular complexity index is 1210. The van der Waals surface area contributed by atoms with Gasteiger partial charge in [0, 0.05) is 6.54 Å². The molecule has 154 valence electrons. The Morgan fingerprint density at radius 1 is 1.00 bits per heavy atom. The fourth-order valence-corrected chi connectivity index (χ4v) is 6.81. The van der Waals surface area contributed by atoms with E-state index in [9.17, 15) is 25.6 Å². The van der Waals surface area contributed by atoms with E-state index in [1.54, 1.807) is 11.4 Å². The highest BCUT2D eigenvalue weighted by atomic mass is 32.2. The van der Waals surface area contributed by atoms with Gasteiger partial charge in [0.25, 0.3) is 0 Å². The molecule has 0 unspecified atom stereocenters. The second kappa shape index (κ2) is 8.31. The van der Waals surface area contributed by atoms with Gasteiger partial charge in [0.05, 0.1) is 4.90 Å². The quantitative estimate of drug-likeness (QED) is 0.585. The monoisotopic (exact) mass is 457 g/mol. The Hall–Kier alpha value is -2.14. The molecule has 3 aromatic rings. The van der Waals surface area contributed by atoms with Gasteiger partial charge in [0.1, 0.15) is 21.1 Å². The molecule has 0 saturated carbocycles. The maximum atomic E-state index is 13.4. The first-order chi connectivity index (χ1) is 13.6. The molecule has 0 aliphatic rings. The van der Waals surface area contributed by atoms with Crippen molar-refractivity contribution in [3.63, 3.8) is 0 Å². The van der Waals surface area contributed by atoms with E-state index >= 15 is 0 Å². The van der Waals surface area contributed by atoms with Gasteiger partial charge in [-0.3, -0.25) is 0 Å². The molecule has 0 amide bonds. The Labute approximate surface area is 172 Å². The number of thiophene rings is 1. The van der Waals surface area contributed by atoms with Gasteiger partial charge >= 0.3 is 0 Å². The molecule has 0 saturated heterocycles. The van der Waals surface area contributed by atoms with Crippen LogP contribution in [0.15, 0.2) is 69.1 Å². The summed E-state index contributed by atoms with van der Waals surface area (Å²) in [5.74, 6) is -1.09. The van der Waals surface area contributed by atoms with Crippen LogP contribution in [0.1, 0.15) is 16.4 Å². The van der Waals surface area contributed by atoms with Crippen LogP contribution in [0.2, 0.25) is 0 Å². The zero-order valence-electron chi connectivity index (χ0n) is 15.2. The molecule has 1 aromatic heterocycles. The fourth-order valence-electron chi connectivity index (χ4n) is 2.70. The third-order valence-electron chi connectivity index (χ3n) is 4.29. The lowest BCUT2D eigenvalue weighted by molar-refractivity contribution is 0.568. The van der Waals surface area contributed by atoms with Gasteiger partial charge in [-0.15, -0.1) is 11.3 Å². The van der Waals surface area contributed by atoms with E-state index in [-0.39, 0.29) is 20.2 Å². The first-order valence-electron chi connectivity index (χ1n) is 8.40. The molecule has 0 aliphatic carbocycles. The van der Waals surface area contributed by atoms with Crippen LogP contribution in [0.4, 0.5) is 8.78 Å². The highest BCUT2D eigenvalue weighted by molar-refractivity contribution is 7.93. The van der Waals surface area contributed by atoms with Gasteiger partial charge < -0.3 is 0 Å². The lowest BCUT2D eigenvalue weighted by atomic mass is 10.1. The summed E-state index contributed by atoms with van der Waals surface area (Å²) in [6, 6.07) is 11.1. The van der Waals surface area contributed by atoms with Crippen molar-refractivity contribution in [1.82, 2.24) is 4.72 Å². The van der Waals surface area contributed by atoms with Crippen molar-refractivity contribution >= 4 is 31.2 Å². The van der Waals surface area contributed by atoms with Crippen molar-refractivity contribution in [3.05, 3.63) is 82.7 Å². The van der Waals surface area contributed by atoms with Gasteiger partial charge in [0.2, 0.25) is 10.0 Å². The number of rotatable bonds is 7. The van der Waals surface area contributed by atoms with Crippen molar-refractivity contribution < 1.29 is 25.6 Å². The highest BCUT2D eigenvalue weighted by Gasteiger charge is 2.31. The van der Waals surface area contributed by atoms with Gasteiger partial charge in [-0.25, -0.2) is 30.3 Å². The summed E-state index contributed by atoms with van der Waals surface area (Å²) in [6.07, 6.45) is 0. The standard InChI is InChI=1S/C19H17F2NO4S3/c1-13-11-16(8-9-17(13)21)29(25,26)22-12-18(14-4-6-15(20)7-5-14)28(23,24)19-3-2-10-27-19/h2-11,18,22H,12H2,1H3/t18-/m0/s1. The Morgan fingerprint density at radius 3 is 2.28 bits per heavy atom. The number of sulfonamides is 1. The Balaban J connectivity index is 1.95. The molecule has 2 aromatic carbocycles. The third kappa shape index (κ3) is 4.72. The highest BCUT2D eigenvalue weighted by Crippen LogP contribution is 2.31. The smallest absolute Gasteiger partial charge is 0.222 e. The largest absolute Gasteiger partial charge is 0.240 e. The van der Waals surface area contributed by atoms with E-state index < -0.39 is 43.3 Å². The first-order valence-corrected chi connectivity index (χ1v) is 12.3. The van der Waals surface area contributed by atoms with Crippen LogP contribution < -0.4 is 4.72 Å². The number of hydrogen-bond acceptors (Lipinski definition) is 5. The van der Waals surface area contributed by atoms with E-state index in [1.165, 1.54) is 31.2 Å². The zero-order valence-corrected chi connectivity index (χ0v) is 17.6. The molecule has 1 atom stereocenters. The van der Waals surface area contributed by atoms with E-state index in [2.05, 4.69) is 4.72 Å². The van der Waals surface area contributed by atoms with Gasteiger partial charge in [0.15, 0.2) is 9.84 Å². The number of nitrogens with one attached hydrogen (secondary N) is 1. The zero-order chi connectivity index (χ0) is 21.2. The second-order valence-electron chi connectivity index (χ2n) is 6.28. The predicted octanol–water partition coefficient (Wildman–Crippen LogP) is 3.83. The molecule has 29 heavy (non-hydrogen) atoms. The van der Waals surface area contributed by atoms with Gasteiger partial charge in [-0.1, -0.05) is 18.2 Å². The van der Waals surface area contributed by atoms with Crippen LogP contribution in [0, 0.1) is 18.6 Å².